The Labute approximate surface area is 119 Å². The summed E-state index contributed by atoms with van der Waals surface area (Å²) in [5, 5.41) is 2.82. The Balaban J connectivity index is 1.74. The molecule has 0 atom stereocenters. The normalized spacial score (nSPS) is 34.4. The summed E-state index contributed by atoms with van der Waals surface area (Å²) in [5.74, 6) is 0.0583. The standard InChI is InChI=1S/C14H21BFNO3/c1-12(2)13(3,4)20-15(19-12)10(16)9-7-14(8-9)5-6-17-11(14)18/h5-8H2,1-4H3,(H,17,18). The molecule has 20 heavy (non-hydrogen) atoms. The van der Waals surface area contributed by atoms with Gasteiger partial charge in [-0.15, -0.1) is 0 Å². The van der Waals surface area contributed by atoms with Crippen molar-refractivity contribution < 1.29 is 18.5 Å². The van der Waals surface area contributed by atoms with Crippen molar-refractivity contribution in [3.8, 4) is 0 Å². The molecule has 0 bridgehead atoms. The average molecular weight is 281 g/mol. The maximum atomic E-state index is 14.5. The number of allylic oxidation sites excluding steroid dienone is 1. The maximum Gasteiger partial charge on any atom is 0.525 e. The van der Waals surface area contributed by atoms with Gasteiger partial charge in [-0.2, -0.15) is 0 Å². The highest BCUT2D eigenvalue weighted by Crippen LogP contribution is 2.52. The van der Waals surface area contributed by atoms with Crippen LogP contribution in [0.1, 0.15) is 47.0 Å². The molecule has 6 heteroatoms. The number of carbonyl (C=O) groups excluding carboxylic acids is 1. The summed E-state index contributed by atoms with van der Waals surface area (Å²) < 4.78 is 25.9. The predicted molar refractivity (Wildman–Crippen MR) is 73.5 cm³/mol. The first-order valence-electron chi connectivity index (χ1n) is 7.18. The van der Waals surface area contributed by atoms with Crippen LogP contribution in [0.5, 0.6) is 0 Å². The van der Waals surface area contributed by atoms with Gasteiger partial charge in [-0.1, -0.05) is 0 Å². The summed E-state index contributed by atoms with van der Waals surface area (Å²) in [7, 11) is -0.934. The second-order valence-corrected chi connectivity index (χ2v) is 7.18. The lowest BCUT2D eigenvalue weighted by Gasteiger charge is -2.38. The minimum atomic E-state index is -0.934. The topological polar surface area (TPSA) is 47.6 Å². The molecule has 0 aromatic rings. The second-order valence-electron chi connectivity index (χ2n) is 7.18. The molecular weight excluding hydrogens is 260 g/mol. The fourth-order valence-electron chi connectivity index (χ4n) is 3.10. The third-order valence-corrected chi connectivity index (χ3v) is 5.27. The molecule has 0 aromatic heterocycles. The van der Waals surface area contributed by atoms with E-state index < -0.39 is 18.3 Å². The van der Waals surface area contributed by atoms with E-state index in [1.165, 1.54) is 0 Å². The van der Waals surface area contributed by atoms with Gasteiger partial charge >= 0.3 is 7.12 Å². The van der Waals surface area contributed by atoms with Crippen molar-refractivity contribution in [2.24, 2.45) is 5.41 Å². The van der Waals surface area contributed by atoms with Crippen molar-refractivity contribution >= 4 is 13.0 Å². The summed E-state index contributed by atoms with van der Waals surface area (Å²) in [5.41, 5.74) is -1.12. The van der Waals surface area contributed by atoms with E-state index in [9.17, 15) is 9.18 Å². The molecule has 0 radical (unpaired) electrons. The van der Waals surface area contributed by atoms with Gasteiger partial charge in [0.1, 0.15) is 5.73 Å². The van der Waals surface area contributed by atoms with Gasteiger partial charge in [0.15, 0.2) is 0 Å². The van der Waals surface area contributed by atoms with Crippen molar-refractivity contribution in [2.75, 3.05) is 6.54 Å². The van der Waals surface area contributed by atoms with Crippen LogP contribution in [0.15, 0.2) is 11.3 Å². The van der Waals surface area contributed by atoms with Gasteiger partial charge in [-0.25, -0.2) is 4.39 Å². The summed E-state index contributed by atoms with van der Waals surface area (Å²) in [4.78, 5) is 11.8. The molecule has 1 amide bonds. The molecule has 0 aromatic carbocycles. The van der Waals surface area contributed by atoms with Gasteiger partial charge in [-0.3, -0.25) is 4.79 Å². The Kier molecular flexibility index (Phi) is 2.87. The number of amides is 1. The van der Waals surface area contributed by atoms with Crippen molar-refractivity contribution in [3.63, 3.8) is 0 Å². The third kappa shape index (κ3) is 1.85. The summed E-state index contributed by atoms with van der Waals surface area (Å²) >= 11 is 0. The van der Waals surface area contributed by atoms with Crippen LogP contribution >= 0.6 is 0 Å². The fourth-order valence-corrected chi connectivity index (χ4v) is 3.10. The van der Waals surface area contributed by atoms with Gasteiger partial charge in [0, 0.05) is 6.54 Å². The zero-order valence-corrected chi connectivity index (χ0v) is 12.5. The number of rotatable bonds is 1. The molecule has 1 aliphatic carbocycles. The molecule has 2 saturated heterocycles. The van der Waals surface area contributed by atoms with Crippen LogP contribution in [0.4, 0.5) is 4.39 Å². The van der Waals surface area contributed by atoms with Gasteiger partial charge in [0.2, 0.25) is 5.91 Å². The van der Waals surface area contributed by atoms with E-state index in [-0.39, 0.29) is 17.0 Å². The van der Waals surface area contributed by atoms with E-state index in [1.54, 1.807) is 0 Å². The number of hydrogen-bond donors (Lipinski definition) is 1. The third-order valence-electron chi connectivity index (χ3n) is 5.27. The van der Waals surface area contributed by atoms with E-state index >= 15 is 0 Å². The van der Waals surface area contributed by atoms with Gasteiger partial charge in [-0.05, 0) is 52.5 Å². The van der Waals surface area contributed by atoms with Crippen LogP contribution in [0.25, 0.3) is 0 Å². The highest BCUT2D eigenvalue weighted by atomic mass is 19.1. The van der Waals surface area contributed by atoms with Crippen LogP contribution in [0, 0.1) is 5.41 Å². The summed E-state index contributed by atoms with van der Waals surface area (Å²) in [6.45, 7) is 8.30. The molecule has 3 rings (SSSR count). The van der Waals surface area contributed by atoms with E-state index in [0.717, 1.165) is 6.42 Å². The fraction of sp³-hybridized carbons (Fsp3) is 0.786. The monoisotopic (exact) mass is 281 g/mol. The Morgan fingerprint density at radius 3 is 2.20 bits per heavy atom. The molecule has 3 aliphatic rings. The molecule has 1 N–H and O–H groups in total. The molecule has 2 heterocycles. The van der Waals surface area contributed by atoms with Crippen LogP contribution in [-0.4, -0.2) is 30.8 Å². The molecule has 0 unspecified atom stereocenters. The van der Waals surface area contributed by atoms with E-state index in [0.29, 0.717) is 25.0 Å². The Morgan fingerprint density at radius 2 is 1.75 bits per heavy atom. The van der Waals surface area contributed by atoms with Gasteiger partial charge in [0.05, 0.1) is 16.6 Å². The lowest BCUT2D eigenvalue weighted by Crippen LogP contribution is -2.41. The molecular formula is C14H21BFNO3. The molecule has 3 fully saturated rings. The molecule has 2 aliphatic heterocycles. The predicted octanol–water partition coefficient (Wildman–Crippen LogP) is 2.14. The van der Waals surface area contributed by atoms with Crippen LogP contribution < -0.4 is 5.32 Å². The van der Waals surface area contributed by atoms with Gasteiger partial charge < -0.3 is 14.6 Å². The zero-order valence-electron chi connectivity index (χ0n) is 12.5. The Morgan fingerprint density at radius 1 is 1.20 bits per heavy atom. The van der Waals surface area contributed by atoms with Crippen molar-refractivity contribution in [3.05, 3.63) is 11.3 Å². The van der Waals surface area contributed by atoms with Gasteiger partial charge in [0.25, 0.3) is 0 Å². The first-order chi connectivity index (χ1) is 9.17. The van der Waals surface area contributed by atoms with Crippen LogP contribution in [-0.2, 0) is 14.1 Å². The first kappa shape index (κ1) is 14.1. The average Bonchev–Trinajstić information content (AvgIpc) is 2.75. The minimum Gasteiger partial charge on any atom is -0.398 e. The molecule has 4 nitrogen and oxygen atoms in total. The highest BCUT2D eigenvalue weighted by molar-refractivity contribution is 6.54. The smallest absolute Gasteiger partial charge is 0.398 e. The minimum absolute atomic E-state index is 0.0583. The van der Waals surface area contributed by atoms with Crippen molar-refractivity contribution in [2.45, 2.75) is 58.2 Å². The van der Waals surface area contributed by atoms with E-state index in [1.807, 2.05) is 27.7 Å². The number of carbonyl (C=O) groups is 1. The number of halogens is 1. The second kappa shape index (κ2) is 4.07. The van der Waals surface area contributed by atoms with E-state index in [4.69, 9.17) is 9.31 Å². The first-order valence-corrected chi connectivity index (χ1v) is 7.18. The number of hydrogen-bond acceptors (Lipinski definition) is 3. The molecule has 110 valence electrons. The lowest BCUT2D eigenvalue weighted by molar-refractivity contribution is -0.129. The lowest BCUT2D eigenvalue weighted by atomic mass is 9.61. The van der Waals surface area contributed by atoms with E-state index in [2.05, 4.69) is 5.32 Å². The summed E-state index contributed by atoms with van der Waals surface area (Å²) in [6.07, 6.45) is 1.79. The van der Waals surface area contributed by atoms with Crippen LogP contribution in [0.3, 0.4) is 0 Å². The molecule has 1 saturated carbocycles. The molecule has 1 spiro atoms. The Bertz CT molecular complexity index is 477. The zero-order chi connectivity index (χ0) is 14.8. The number of nitrogens with one attached hydrogen (secondary N) is 1. The largest absolute Gasteiger partial charge is 0.525 e. The highest BCUT2D eigenvalue weighted by Gasteiger charge is 2.56. The van der Waals surface area contributed by atoms with Crippen molar-refractivity contribution in [1.29, 1.82) is 0 Å². The van der Waals surface area contributed by atoms with Crippen molar-refractivity contribution in [1.82, 2.24) is 5.32 Å². The Hall–Kier alpha value is -0.875. The summed E-state index contributed by atoms with van der Waals surface area (Å²) in [6, 6.07) is 0. The quantitative estimate of drug-likeness (QED) is 0.749. The SMILES string of the molecule is CC1(C)OB(C(F)=C2CC3(CCNC3=O)C2)OC1(C)C. The maximum absolute atomic E-state index is 14.5. The van der Waals surface area contributed by atoms with Crippen LogP contribution in [0.2, 0.25) is 0 Å².